The van der Waals surface area contributed by atoms with Crippen molar-refractivity contribution >= 4 is 0 Å². The van der Waals surface area contributed by atoms with Crippen molar-refractivity contribution in [2.75, 3.05) is 0 Å². The maximum absolute atomic E-state index is 9.18. The van der Waals surface area contributed by atoms with Crippen LogP contribution in [0, 0.1) is 75.8 Å². The molecule has 5 heteroatoms. The SMILES string of the molecule is [2H]C([2H])([2H])c1c[n+](C)c(-c2cc(-c3ccccc3)ccc2C)cc1C1([2H])CCCC1.[2H]C([2H])([2H])c1c[n+](C)c(-c2cc(-c3ccccc3)ccc2C)cc1C1([2H])CCCCC1.[2H]C([2H])([2H])c1cc(C)c(-c2cc(C([2H])(C)C)cc[n+]2C)cc1-c1ccccc1.[2H]C([2H])([2H])c1cc(C)c(-c2cc(C)cc[n+]2C)cc1-c1ccccc1.[2H]C([2H])([2H])c1cc(C)c(-c2cccc[n+]2C)cc1-c1ccccc1. The zero-order valence-corrected chi connectivity index (χ0v) is 72.0. The first-order valence-corrected chi connectivity index (χ1v) is 42.0. The molecule has 2 saturated carbocycles. The van der Waals surface area contributed by atoms with Crippen molar-refractivity contribution < 1.29 is 47.5 Å². The molecule has 5 heterocycles. The molecule has 2 fully saturated rings. The van der Waals surface area contributed by atoms with Crippen LogP contribution in [-0.4, -0.2) is 0 Å². The summed E-state index contributed by atoms with van der Waals surface area (Å²) in [7, 11) is 9.77. The van der Waals surface area contributed by atoms with Crippen LogP contribution in [0.25, 0.3) is 112 Å². The summed E-state index contributed by atoms with van der Waals surface area (Å²) in [6.07, 6.45) is 17.3. The van der Waals surface area contributed by atoms with E-state index in [1.54, 1.807) is 24.5 Å². The summed E-state index contributed by atoms with van der Waals surface area (Å²) in [5.41, 5.74) is 30.0. The molecule has 0 spiro atoms. The Balaban J connectivity index is 0.000000146. The molecule has 0 amide bonds. The molecule has 5 nitrogen and oxygen atoms in total. The summed E-state index contributed by atoms with van der Waals surface area (Å²) < 4.78 is 157. The zero-order valence-electron chi connectivity index (χ0n) is 90.0. The van der Waals surface area contributed by atoms with Crippen LogP contribution in [0.15, 0.2) is 310 Å². The minimum Gasteiger partial charge on any atom is -0.201 e. The quantitative estimate of drug-likeness (QED) is 0.103. The van der Waals surface area contributed by atoms with Crippen molar-refractivity contribution in [1.29, 1.82) is 0 Å². The predicted molar refractivity (Wildman–Crippen MR) is 506 cm³/mol. The summed E-state index contributed by atoms with van der Waals surface area (Å²) in [6.45, 7) is 4.88. The molecular formula is C115H126N5+5. The van der Waals surface area contributed by atoms with Crippen LogP contribution >= 0.6 is 0 Å². The smallest absolute Gasteiger partial charge is 0.201 e. The first kappa shape index (κ1) is 64.9. The van der Waals surface area contributed by atoms with E-state index in [4.69, 9.17) is 23.3 Å². The van der Waals surface area contributed by atoms with E-state index in [1.165, 1.54) is 5.56 Å². The molecule has 606 valence electrons. The normalized spacial score (nSPS) is 16.0. The maximum atomic E-state index is 9.18. The highest BCUT2D eigenvalue weighted by Crippen LogP contribution is 2.41. The molecule has 17 rings (SSSR count). The largest absolute Gasteiger partial charge is 0.212 e. The third-order valence-electron chi connectivity index (χ3n) is 23.5. The molecule has 0 unspecified atom stereocenters. The van der Waals surface area contributed by atoms with Gasteiger partial charge in [0.15, 0.2) is 31.0 Å². The molecule has 2 aliphatic rings. The van der Waals surface area contributed by atoms with Crippen molar-refractivity contribution in [1.82, 2.24) is 0 Å². The molecule has 2 aliphatic carbocycles. The second kappa shape index (κ2) is 39.7. The Labute approximate surface area is 744 Å². The Hall–Kier alpha value is -12.1. The van der Waals surface area contributed by atoms with Gasteiger partial charge in [0.25, 0.3) is 0 Å². The van der Waals surface area contributed by atoms with E-state index >= 15 is 0 Å². The molecule has 0 N–H and O–H groups in total. The molecule has 5 aromatic heterocycles. The predicted octanol–water partition coefficient (Wildman–Crippen LogP) is 27.4. The lowest BCUT2D eigenvalue weighted by Crippen LogP contribution is -2.32. The Kier molecular flexibility index (Phi) is 21.5. The Bertz CT molecular complexity index is 6830. The van der Waals surface area contributed by atoms with Crippen LogP contribution in [-0.2, 0) is 35.2 Å². The molecule has 120 heavy (non-hydrogen) atoms. The molecule has 0 atom stereocenters. The second-order valence-corrected chi connectivity index (χ2v) is 32.5. The van der Waals surface area contributed by atoms with E-state index < -0.39 is 51.9 Å². The average molecular weight is 1600 g/mol. The van der Waals surface area contributed by atoms with Crippen molar-refractivity contribution in [2.24, 2.45) is 35.2 Å². The number of pyridine rings is 5. The van der Waals surface area contributed by atoms with E-state index in [2.05, 4.69) is 98.1 Å². The van der Waals surface area contributed by atoms with Crippen molar-refractivity contribution in [2.45, 2.75) is 165 Å². The van der Waals surface area contributed by atoms with Crippen LogP contribution in [0.5, 0.6) is 0 Å². The van der Waals surface area contributed by atoms with Crippen molar-refractivity contribution in [3.05, 3.63) is 388 Å². The van der Waals surface area contributed by atoms with Gasteiger partial charge in [-0.2, -0.15) is 0 Å². The van der Waals surface area contributed by atoms with Gasteiger partial charge in [-0.3, -0.25) is 0 Å². The number of nitrogens with zero attached hydrogens (tertiary/aromatic N) is 5. The van der Waals surface area contributed by atoms with E-state index in [9.17, 15) is 1.37 Å². The molecule has 15 aromatic rings. The van der Waals surface area contributed by atoms with Crippen LogP contribution < -0.4 is 22.8 Å². The van der Waals surface area contributed by atoms with Gasteiger partial charge in [-0.25, -0.2) is 22.8 Å². The number of rotatable bonds is 13. The fraction of sp³-hybridized carbons (Fsp3) is 0.261. The van der Waals surface area contributed by atoms with Gasteiger partial charge in [-0.1, -0.05) is 240 Å². The summed E-state index contributed by atoms with van der Waals surface area (Å²) in [6, 6.07) is 91.9. The lowest BCUT2D eigenvalue weighted by atomic mass is 9.82. The van der Waals surface area contributed by atoms with E-state index in [0.717, 1.165) is 177 Å². The standard InChI is InChI=1S/C26H30N.C25H28N.C23H26N.C21H22N.C20H20N/c1-19-14-15-23(21-10-6-4-7-11-21)16-25(19)26-17-24(20(2)18-27(26)3)22-12-8-5-9-13-22;1-18-13-14-22(20-9-5-4-6-10-20)15-24(18)25-16-23(19(2)17-26(25)3)21-11-7-8-12-21;1-16(2)20-11-12-24(5)23(14-20)22-15-21(17(3)13-18(22)4)19-9-7-6-8-10-19;1-15-10-11-22(4)21(12-15)20-14-19(16(2)13-17(20)3)18-8-6-5-7-9-18;1-15-13-16(2)19(20-11-7-8-12-21(20)3)14-18(15)17-9-5-4-6-10-17/h4,6-7,10-11,14-18,22H,5,8-9,12-13H2,1-3H3;4-6,9-10,13-17,21H,7-8,11-12H2,1-3H3;6-16H,1-5H3;5-14H,1-4H3;4-14H,1-3H3/q5*+1/i2D3,22D;2D3,21D;3D3,16D;2D3;1D3. The summed E-state index contributed by atoms with van der Waals surface area (Å²) in [4.78, 5) is 0. The van der Waals surface area contributed by atoms with Gasteiger partial charge < -0.3 is 0 Å². The third kappa shape index (κ3) is 20.6. The number of aromatic nitrogens is 5. The molecule has 10 aromatic carbocycles. The highest BCUT2D eigenvalue weighted by molar-refractivity contribution is 5.80. The van der Waals surface area contributed by atoms with Crippen LogP contribution in [0.2, 0.25) is 0 Å². The van der Waals surface area contributed by atoms with Gasteiger partial charge in [-0.15, -0.1) is 0 Å². The number of benzene rings is 10. The number of hydrogen-bond acceptors (Lipinski definition) is 0. The minimum atomic E-state index is -2.24. The number of hydrogen-bond donors (Lipinski definition) is 0. The van der Waals surface area contributed by atoms with Gasteiger partial charge in [0.05, 0.1) is 0 Å². The van der Waals surface area contributed by atoms with Crippen molar-refractivity contribution in [3.8, 4) is 112 Å². The van der Waals surface area contributed by atoms with Crippen molar-refractivity contribution in [3.63, 3.8) is 0 Å². The molecular weight excluding hydrogens is 1450 g/mol. The summed E-state index contributed by atoms with van der Waals surface area (Å²) in [5, 5.41) is 0. The Morgan fingerprint density at radius 3 is 0.983 bits per heavy atom. The highest BCUT2D eigenvalue weighted by atomic mass is 14.9. The van der Waals surface area contributed by atoms with E-state index in [1.807, 2.05) is 301 Å². The lowest BCUT2D eigenvalue weighted by molar-refractivity contribution is -0.661. The zero-order chi connectivity index (χ0) is 99.9. The van der Waals surface area contributed by atoms with Crippen LogP contribution in [0.1, 0.15) is 192 Å². The molecule has 0 saturated heterocycles. The van der Waals surface area contributed by atoms with Crippen LogP contribution in [0.4, 0.5) is 0 Å². The fourth-order valence-electron chi connectivity index (χ4n) is 16.6. The monoisotopic (exact) mass is 1600 g/mol. The Morgan fingerprint density at radius 2 is 0.600 bits per heavy atom. The van der Waals surface area contributed by atoms with Gasteiger partial charge >= 0.3 is 0 Å². The maximum Gasteiger partial charge on any atom is 0.212 e. The third-order valence-corrected chi connectivity index (χ3v) is 23.5. The molecule has 0 bridgehead atoms. The van der Waals surface area contributed by atoms with Gasteiger partial charge in [-0.05, 0) is 278 Å². The first-order valence-electron chi connectivity index (χ1n) is 51.0. The highest BCUT2D eigenvalue weighted by Gasteiger charge is 2.27. The van der Waals surface area contributed by atoms with Gasteiger partial charge in [0, 0.05) is 112 Å². The fourth-order valence-corrected chi connectivity index (χ4v) is 16.6. The topological polar surface area (TPSA) is 19.4 Å². The minimum absolute atomic E-state index is 0.308. The van der Waals surface area contributed by atoms with Gasteiger partial charge in [0.1, 0.15) is 35.2 Å². The van der Waals surface area contributed by atoms with E-state index in [0.29, 0.717) is 64.6 Å². The molecule has 0 aliphatic heterocycles. The summed E-state index contributed by atoms with van der Waals surface area (Å²) >= 11 is 0. The Morgan fingerprint density at radius 1 is 0.267 bits per heavy atom. The van der Waals surface area contributed by atoms with Gasteiger partial charge in [0.2, 0.25) is 28.5 Å². The first-order chi connectivity index (χ1) is 65.0. The average Bonchev–Trinajstić information content (AvgIpc) is 1.72. The van der Waals surface area contributed by atoms with Crippen LogP contribution in [0.3, 0.4) is 0 Å². The number of aryl methyl sites for hydroxylation is 16. The lowest BCUT2D eigenvalue weighted by Gasteiger charge is -2.23. The summed E-state index contributed by atoms with van der Waals surface area (Å²) in [5.74, 6) is -2.37. The second-order valence-electron chi connectivity index (χ2n) is 32.5. The molecule has 0 radical (unpaired) electrons. The van der Waals surface area contributed by atoms with E-state index in [-0.39, 0.29) is 0 Å².